The van der Waals surface area contributed by atoms with Crippen LogP contribution in [0.4, 0.5) is 0 Å². The van der Waals surface area contributed by atoms with Crippen molar-refractivity contribution < 1.29 is 14.3 Å². The van der Waals surface area contributed by atoms with Gasteiger partial charge in [0.25, 0.3) is 0 Å². The number of hydrogen-bond donors (Lipinski definition) is 1. The largest absolute Gasteiger partial charge is 0.382 e. The van der Waals surface area contributed by atoms with Gasteiger partial charge < -0.3 is 14.8 Å². The van der Waals surface area contributed by atoms with Crippen LogP contribution in [0.25, 0.3) is 0 Å². The van der Waals surface area contributed by atoms with E-state index in [9.17, 15) is 4.79 Å². The van der Waals surface area contributed by atoms with Gasteiger partial charge in [-0.15, -0.1) is 0 Å². The van der Waals surface area contributed by atoms with Crippen LogP contribution in [0.1, 0.15) is 29.9 Å². The summed E-state index contributed by atoms with van der Waals surface area (Å²) < 4.78 is 10.1. The van der Waals surface area contributed by atoms with E-state index in [2.05, 4.69) is 29.6 Å². The Hall–Kier alpha value is -1.39. The standard InChI is InChI=1S/C16H23NO3/c1-19-9-10-20-12-16(18)17-11-14-7-4-6-13-5-2-3-8-15(13)14/h2-3,5,8,14H,4,6-7,9-12H2,1H3,(H,17,18). The maximum absolute atomic E-state index is 11.7. The molecule has 2 rings (SSSR count). The first kappa shape index (κ1) is 15.0. The molecule has 4 nitrogen and oxygen atoms in total. The third kappa shape index (κ3) is 4.32. The second-order valence-corrected chi connectivity index (χ2v) is 5.14. The highest BCUT2D eigenvalue weighted by Gasteiger charge is 2.19. The molecule has 1 aromatic rings. The van der Waals surface area contributed by atoms with Crippen LogP contribution < -0.4 is 5.32 Å². The third-order valence-electron chi connectivity index (χ3n) is 3.70. The molecule has 0 fully saturated rings. The van der Waals surface area contributed by atoms with E-state index in [-0.39, 0.29) is 12.5 Å². The van der Waals surface area contributed by atoms with Crippen LogP contribution in [-0.2, 0) is 20.7 Å². The van der Waals surface area contributed by atoms with Crippen molar-refractivity contribution in [2.75, 3.05) is 33.5 Å². The van der Waals surface area contributed by atoms with Crippen LogP contribution in [0.2, 0.25) is 0 Å². The quantitative estimate of drug-likeness (QED) is 0.774. The summed E-state index contributed by atoms with van der Waals surface area (Å²) in [6.45, 7) is 1.78. The van der Waals surface area contributed by atoms with Crippen molar-refractivity contribution in [1.82, 2.24) is 5.32 Å². The SMILES string of the molecule is COCCOCC(=O)NCC1CCCc2ccccc21. The van der Waals surface area contributed by atoms with Gasteiger partial charge in [-0.2, -0.15) is 0 Å². The molecule has 1 aliphatic rings. The Morgan fingerprint density at radius 1 is 1.35 bits per heavy atom. The highest BCUT2D eigenvalue weighted by molar-refractivity contribution is 5.77. The van der Waals surface area contributed by atoms with E-state index in [4.69, 9.17) is 9.47 Å². The van der Waals surface area contributed by atoms with Gasteiger partial charge in [0.1, 0.15) is 6.61 Å². The zero-order valence-corrected chi connectivity index (χ0v) is 12.1. The molecule has 1 aliphatic carbocycles. The molecule has 1 atom stereocenters. The van der Waals surface area contributed by atoms with Crippen LogP contribution in [0.15, 0.2) is 24.3 Å². The molecule has 0 spiro atoms. The lowest BCUT2D eigenvalue weighted by Gasteiger charge is -2.25. The molecule has 0 bridgehead atoms. The van der Waals surface area contributed by atoms with Gasteiger partial charge in [-0.05, 0) is 30.4 Å². The highest BCUT2D eigenvalue weighted by Crippen LogP contribution is 2.30. The average Bonchev–Trinajstić information content (AvgIpc) is 2.49. The van der Waals surface area contributed by atoms with Gasteiger partial charge in [0, 0.05) is 19.6 Å². The van der Waals surface area contributed by atoms with E-state index in [0.29, 0.717) is 25.7 Å². The Labute approximate surface area is 120 Å². The molecule has 0 aliphatic heterocycles. The molecule has 0 aromatic heterocycles. The summed E-state index contributed by atoms with van der Waals surface area (Å²) in [5.41, 5.74) is 2.81. The second-order valence-electron chi connectivity index (χ2n) is 5.14. The van der Waals surface area contributed by atoms with Crippen molar-refractivity contribution in [3.8, 4) is 0 Å². The summed E-state index contributed by atoms with van der Waals surface area (Å²) in [5, 5.41) is 2.97. The van der Waals surface area contributed by atoms with E-state index in [0.717, 1.165) is 12.8 Å². The molecular weight excluding hydrogens is 254 g/mol. The zero-order valence-electron chi connectivity index (χ0n) is 12.1. The lowest BCUT2D eigenvalue weighted by atomic mass is 9.83. The van der Waals surface area contributed by atoms with Gasteiger partial charge in [0.05, 0.1) is 13.2 Å². The Bertz CT molecular complexity index is 433. The summed E-state index contributed by atoms with van der Waals surface area (Å²) >= 11 is 0. The minimum Gasteiger partial charge on any atom is -0.382 e. The molecule has 110 valence electrons. The Kier molecular flexibility index (Phi) is 6.02. The van der Waals surface area contributed by atoms with Crippen LogP contribution in [0, 0.1) is 0 Å². The van der Waals surface area contributed by atoms with Crippen LogP contribution >= 0.6 is 0 Å². The van der Waals surface area contributed by atoms with Gasteiger partial charge in [0.15, 0.2) is 0 Å². The molecule has 1 unspecified atom stereocenters. The maximum Gasteiger partial charge on any atom is 0.246 e. The number of fused-ring (bicyclic) bond motifs is 1. The number of aryl methyl sites for hydroxylation is 1. The normalized spacial score (nSPS) is 17.6. The second kappa shape index (κ2) is 8.02. The van der Waals surface area contributed by atoms with Gasteiger partial charge in [-0.3, -0.25) is 4.79 Å². The molecule has 0 saturated heterocycles. The van der Waals surface area contributed by atoms with E-state index in [1.54, 1.807) is 7.11 Å². The lowest BCUT2D eigenvalue weighted by Crippen LogP contribution is -2.32. The number of carbonyl (C=O) groups is 1. The zero-order chi connectivity index (χ0) is 14.2. The topological polar surface area (TPSA) is 47.6 Å². The van der Waals surface area contributed by atoms with Crippen molar-refractivity contribution >= 4 is 5.91 Å². The van der Waals surface area contributed by atoms with Gasteiger partial charge in [0.2, 0.25) is 5.91 Å². The molecule has 0 radical (unpaired) electrons. The minimum absolute atomic E-state index is 0.0517. The first-order valence-electron chi connectivity index (χ1n) is 7.22. The van der Waals surface area contributed by atoms with Crippen LogP contribution in [-0.4, -0.2) is 39.4 Å². The fraction of sp³-hybridized carbons (Fsp3) is 0.562. The molecule has 0 heterocycles. The summed E-state index contributed by atoms with van der Waals surface area (Å²) in [7, 11) is 1.62. The summed E-state index contributed by atoms with van der Waals surface area (Å²) in [5.74, 6) is 0.382. The van der Waals surface area contributed by atoms with E-state index in [1.807, 2.05) is 0 Å². The van der Waals surface area contributed by atoms with Crippen molar-refractivity contribution in [1.29, 1.82) is 0 Å². The average molecular weight is 277 g/mol. The molecule has 4 heteroatoms. The van der Waals surface area contributed by atoms with Crippen LogP contribution in [0.5, 0.6) is 0 Å². The first-order chi connectivity index (χ1) is 9.81. The van der Waals surface area contributed by atoms with Crippen molar-refractivity contribution in [2.45, 2.75) is 25.2 Å². The van der Waals surface area contributed by atoms with Crippen molar-refractivity contribution in [3.63, 3.8) is 0 Å². The third-order valence-corrected chi connectivity index (χ3v) is 3.70. The maximum atomic E-state index is 11.7. The van der Waals surface area contributed by atoms with E-state index >= 15 is 0 Å². The Morgan fingerprint density at radius 3 is 3.05 bits per heavy atom. The predicted octanol–water partition coefficient (Wildman–Crippen LogP) is 1.89. The number of hydrogen-bond acceptors (Lipinski definition) is 3. The van der Waals surface area contributed by atoms with Crippen LogP contribution in [0.3, 0.4) is 0 Å². The Morgan fingerprint density at radius 2 is 2.20 bits per heavy atom. The highest BCUT2D eigenvalue weighted by atomic mass is 16.5. The number of methoxy groups -OCH3 is 1. The summed E-state index contributed by atoms with van der Waals surface area (Å²) in [4.78, 5) is 11.7. The molecule has 1 amide bonds. The Balaban J connectivity index is 1.76. The number of amides is 1. The van der Waals surface area contributed by atoms with Crippen molar-refractivity contribution in [2.24, 2.45) is 0 Å². The fourth-order valence-corrected chi connectivity index (χ4v) is 2.66. The minimum atomic E-state index is -0.0517. The monoisotopic (exact) mass is 277 g/mol. The fourth-order valence-electron chi connectivity index (χ4n) is 2.66. The van der Waals surface area contributed by atoms with Gasteiger partial charge in [-0.25, -0.2) is 0 Å². The first-order valence-corrected chi connectivity index (χ1v) is 7.22. The molecular formula is C16H23NO3. The smallest absolute Gasteiger partial charge is 0.246 e. The molecule has 1 N–H and O–H groups in total. The number of benzene rings is 1. The predicted molar refractivity (Wildman–Crippen MR) is 77.8 cm³/mol. The summed E-state index contributed by atoms with van der Waals surface area (Å²) in [6, 6.07) is 8.54. The molecule has 0 saturated carbocycles. The van der Waals surface area contributed by atoms with E-state index < -0.39 is 0 Å². The molecule has 1 aromatic carbocycles. The number of carbonyl (C=O) groups excluding carboxylic acids is 1. The van der Waals surface area contributed by atoms with Crippen molar-refractivity contribution in [3.05, 3.63) is 35.4 Å². The molecule has 20 heavy (non-hydrogen) atoms. The van der Waals surface area contributed by atoms with Gasteiger partial charge >= 0.3 is 0 Å². The van der Waals surface area contributed by atoms with Gasteiger partial charge in [-0.1, -0.05) is 24.3 Å². The number of nitrogens with one attached hydrogen (secondary N) is 1. The number of rotatable bonds is 7. The number of ether oxygens (including phenoxy) is 2. The summed E-state index contributed by atoms with van der Waals surface area (Å²) in [6.07, 6.45) is 3.49. The van der Waals surface area contributed by atoms with E-state index in [1.165, 1.54) is 17.5 Å². The lowest BCUT2D eigenvalue weighted by molar-refractivity contribution is -0.126.